The molecule has 1 fully saturated rings. The van der Waals surface area contributed by atoms with Crippen molar-refractivity contribution in [2.24, 2.45) is 0 Å². The van der Waals surface area contributed by atoms with Crippen molar-refractivity contribution in [1.82, 2.24) is 19.5 Å². The number of nitrogen functional groups attached to an aromatic ring is 1. The topological polar surface area (TPSA) is 88.1 Å². The number of ether oxygens (including phenoxy) is 2. The summed E-state index contributed by atoms with van der Waals surface area (Å²) in [4.78, 5) is 12.7. The minimum atomic E-state index is -0.0951. The van der Waals surface area contributed by atoms with E-state index >= 15 is 0 Å². The van der Waals surface area contributed by atoms with Crippen LogP contribution in [0, 0.1) is 0 Å². The third-order valence-corrected chi connectivity index (χ3v) is 5.33. The third-order valence-electron chi connectivity index (χ3n) is 5.02. The molecular weight excluding hydrogens is 378 g/mol. The van der Waals surface area contributed by atoms with E-state index in [2.05, 4.69) is 15.0 Å². The Kier molecular flexibility index (Phi) is 4.26. The average molecular weight is 396 g/mol. The van der Waals surface area contributed by atoms with Gasteiger partial charge in [-0.15, -0.1) is 0 Å². The van der Waals surface area contributed by atoms with E-state index in [-0.39, 0.29) is 12.3 Å². The minimum Gasteiger partial charge on any atom is -0.491 e. The lowest BCUT2D eigenvalue weighted by Gasteiger charge is -2.16. The van der Waals surface area contributed by atoms with Crippen LogP contribution in [0.2, 0.25) is 5.02 Å². The predicted molar refractivity (Wildman–Crippen MR) is 107 cm³/mol. The molecule has 2 N–H and O–H groups in total. The number of nitrogens with two attached hydrogens (primary N) is 1. The van der Waals surface area contributed by atoms with Gasteiger partial charge in [0, 0.05) is 23.8 Å². The van der Waals surface area contributed by atoms with Gasteiger partial charge in [0.25, 0.3) is 0 Å². The molecule has 1 aliphatic rings. The van der Waals surface area contributed by atoms with E-state index in [1.54, 1.807) is 6.20 Å². The van der Waals surface area contributed by atoms with Gasteiger partial charge in [-0.1, -0.05) is 11.6 Å². The van der Waals surface area contributed by atoms with Crippen molar-refractivity contribution in [3.05, 3.63) is 54.1 Å². The molecule has 0 aliphatic carbocycles. The number of hydrogen-bond donors (Lipinski definition) is 1. The fraction of sp³-hybridized carbons (Fsp3) is 0.250. The summed E-state index contributed by atoms with van der Waals surface area (Å²) in [5.74, 6) is 1.17. The molecule has 3 aromatic heterocycles. The van der Waals surface area contributed by atoms with Crippen molar-refractivity contribution in [3.63, 3.8) is 0 Å². The van der Waals surface area contributed by atoms with Crippen LogP contribution in [0.3, 0.4) is 0 Å². The van der Waals surface area contributed by atoms with E-state index in [1.165, 1.54) is 6.33 Å². The standard InChI is InChI=1S/C20H18ClN5O2/c21-16-8-13(9-17-14(16)2-1-6-23-17)27-10-12-3-4-18(28-12)26-7-5-15-19(22)24-11-25-20(15)26/h1-2,5-9,11-12,18H,3-4,10H2,(H2,22,24,25). The second-order valence-electron chi connectivity index (χ2n) is 6.80. The monoisotopic (exact) mass is 395 g/mol. The van der Waals surface area contributed by atoms with E-state index in [4.69, 9.17) is 26.8 Å². The number of benzene rings is 1. The molecule has 1 aromatic carbocycles. The van der Waals surface area contributed by atoms with Crippen molar-refractivity contribution in [3.8, 4) is 5.75 Å². The van der Waals surface area contributed by atoms with Crippen LogP contribution in [-0.4, -0.2) is 32.2 Å². The SMILES string of the molecule is Nc1ncnc2c1ccn2C1CCC(COc2cc(Cl)c3cccnc3c2)O1. The summed E-state index contributed by atoms with van der Waals surface area (Å²) in [5.41, 5.74) is 7.51. The fourth-order valence-electron chi connectivity index (χ4n) is 3.62. The summed E-state index contributed by atoms with van der Waals surface area (Å²) in [6.45, 7) is 0.446. The molecule has 1 aliphatic heterocycles. The second-order valence-corrected chi connectivity index (χ2v) is 7.20. The molecule has 4 heterocycles. The Balaban J connectivity index is 1.29. The van der Waals surface area contributed by atoms with Crippen LogP contribution >= 0.6 is 11.6 Å². The number of hydrogen-bond acceptors (Lipinski definition) is 6. The van der Waals surface area contributed by atoms with Crippen LogP contribution in [0.15, 0.2) is 49.1 Å². The van der Waals surface area contributed by atoms with Gasteiger partial charge in [-0.05, 0) is 37.1 Å². The Morgan fingerprint density at radius 1 is 1.18 bits per heavy atom. The zero-order valence-corrected chi connectivity index (χ0v) is 15.7. The summed E-state index contributed by atoms with van der Waals surface area (Å²) in [6, 6.07) is 9.44. The Morgan fingerprint density at radius 2 is 2.11 bits per heavy atom. The summed E-state index contributed by atoms with van der Waals surface area (Å²) >= 11 is 6.34. The first-order valence-electron chi connectivity index (χ1n) is 9.08. The number of halogens is 1. The van der Waals surface area contributed by atoms with Crippen LogP contribution in [0.5, 0.6) is 5.75 Å². The molecule has 2 atom stereocenters. The summed E-state index contributed by atoms with van der Waals surface area (Å²) in [5, 5.41) is 2.38. The number of aromatic nitrogens is 4. The number of fused-ring (bicyclic) bond motifs is 2. The molecule has 0 spiro atoms. The molecule has 0 saturated carbocycles. The highest BCUT2D eigenvalue weighted by molar-refractivity contribution is 6.35. The molecule has 1 saturated heterocycles. The molecule has 28 heavy (non-hydrogen) atoms. The molecule has 2 unspecified atom stereocenters. The van der Waals surface area contributed by atoms with Gasteiger partial charge in [-0.2, -0.15) is 0 Å². The smallest absolute Gasteiger partial charge is 0.147 e. The Morgan fingerprint density at radius 3 is 3.04 bits per heavy atom. The molecule has 0 amide bonds. The van der Waals surface area contributed by atoms with Crippen molar-refractivity contribution in [1.29, 1.82) is 0 Å². The van der Waals surface area contributed by atoms with Gasteiger partial charge in [0.15, 0.2) is 0 Å². The van der Waals surface area contributed by atoms with Crippen LogP contribution in [0.4, 0.5) is 5.82 Å². The van der Waals surface area contributed by atoms with E-state index in [1.807, 2.05) is 41.1 Å². The minimum absolute atomic E-state index is 0.0140. The highest BCUT2D eigenvalue weighted by Gasteiger charge is 2.28. The normalized spacial score (nSPS) is 19.5. The molecular formula is C20H18ClN5O2. The lowest BCUT2D eigenvalue weighted by atomic mass is 10.2. The molecule has 142 valence electrons. The van der Waals surface area contributed by atoms with Gasteiger partial charge >= 0.3 is 0 Å². The maximum Gasteiger partial charge on any atom is 0.147 e. The lowest BCUT2D eigenvalue weighted by molar-refractivity contribution is -0.0156. The highest BCUT2D eigenvalue weighted by atomic mass is 35.5. The first-order valence-corrected chi connectivity index (χ1v) is 9.46. The van der Waals surface area contributed by atoms with Crippen LogP contribution in [0.1, 0.15) is 19.1 Å². The maximum atomic E-state index is 6.34. The maximum absolute atomic E-state index is 6.34. The van der Waals surface area contributed by atoms with Crippen LogP contribution in [-0.2, 0) is 4.74 Å². The zero-order valence-electron chi connectivity index (χ0n) is 15.0. The number of anilines is 1. The van der Waals surface area contributed by atoms with Crippen molar-refractivity contribution in [2.45, 2.75) is 25.2 Å². The van der Waals surface area contributed by atoms with E-state index in [0.29, 0.717) is 23.2 Å². The van der Waals surface area contributed by atoms with E-state index in [0.717, 1.165) is 34.8 Å². The third kappa shape index (κ3) is 3.02. The summed E-state index contributed by atoms with van der Waals surface area (Å²) in [7, 11) is 0. The molecule has 0 radical (unpaired) electrons. The van der Waals surface area contributed by atoms with Crippen molar-refractivity contribution < 1.29 is 9.47 Å². The second kappa shape index (κ2) is 6.92. The fourth-order valence-corrected chi connectivity index (χ4v) is 3.89. The van der Waals surface area contributed by atoms with E-state index < -0.39 is 0 Å². The highest BCUT2D eigenvalue weighted by Crippen LogP contribution is 2.33. The molecule has 5 rings (SSSR count). The van der Waals surface area contributed by atoms with Crippen molar-refractivity contribution >= 4 is 39.4 Å². The molecule has 4 aromatic rings. The Hall–Kier alpha value is -2.90. The molecule has 0 bridgehead atoms. The molecule has 7 nitrogen and oxygen atoms in total. The first-order chi connectivity index (χ1) is 13.7. The Bertz CT molecular complexity index is 1160. The zero-order chi connectivity index (χ0) is 19.1. The number of nitrogens with zero attached hydrogens (tertiary/aromatic N) is 4. The van der Waals surface area contributed by atoms with Gasteiger partial charge in [-0.25, -0.2) is 9.97 Å². The first kappa shape index (κ1) is 17.2. The van der Waals surface area contributed by atoms with Gasteiger partial charge in [0.05, 0.1) is 22.0 Å². The van der Waals surface area contributed by atoms with Crippen LogP contribution < -0.4 is 10.5 Å². The molecule has 8 heteroatoms. The van der Waals surface area contributed by atoms with Crippen LogP contribution in [0.25, 0.3) is 21.9 Å². The Labute approximate surface area is 166 Å². The van der Waals surface area contributed by atoms with E-state index in [9.17, 15) is 0 Å². The van der Waals surface area contributed by atoms with Gasteiger partial charge in [0.2, 0.25) is 0 Å². The van der Waals surface area contributed by atoms with Gasteiger partial charge in [-0.3, -0.25) is 4.98 Å². The number of pyridine rings is 1. The summed E-state index contributed by atoms with van der Waals surface area (Å²) in [6.07, 6.45) is 6.82. The lowest BCUT2D eigenvalue weighted by Crippen LogP contribution is -2.18. The average Bonchev–Trinajstić information content (AvgIpc) is 3.34. The largest absolute Gasteiger partial charge is 0.491 e. The predicted octanol–water partition coefficient (Wildman–Crippen LogP) is 3.97. The van der Waals surface area contributed by atoms with Gasteiger partial charge < -0.3 is 19.8 Å². The number of rotatable bonds is 4. The summed E-state index contributed by atoms with van der Waals surface area (Å²) < 4.78 is 14.1. The van der Waals surface area contributed by atoms with Crippen molar-refractivity contribution in [2.75, 3.05) is 12.3 Å². The quantitative estimate of drug-likeness (QED) is 0.562. The van der Waals surface area contributed by atoms with Gasteiger partial charge in [0.1, 0.15) is 36.4 Å².